The van der Waals surface area contributed by atoms with Crippen molar-refractivity contribution in [2.75, 3.05) is 27.2 Å². The number of fused-ring (bicyclic) bond motifs is 1. The van der Waals surface area contributed by atoms with E-state index in [2.05, 4.69) is 15.3 Å². The highest BCUT2D eigenvalue weighted by Gasteiger charge is 2.31. The number of hydrogen-bond donors (Lipinski definition) is 1. The molecule has 2 aromatic rings. The first-order valence-electron chi connectivity index (χ1n) is 7.09. The minimum absolute atomic E-state index is 0. The first kappa shape index (κ1) is 17.9. The summed E-state index contributed by atoms with van der Waals surface area (Å²) in [5.74, 6) is -0.195. The van der Waals surface area contributed by atoms with Crippen molar-refractivity contribution in [2.24, 2.45) is 0 Å². The van der Waals surface area contributed by atoms with Crippen molar-refractivity contribution in [3.8, 4) is 0 Å². The summed E-state index contributed by atoms with van der Waals surface area (Å²) in [6.45, 7) is 0.956. The fourth-order valence-electron chi connectivity index (χ4n) is 2.81. The number of alkyl halides is 1. The van der Waals surface area contributed by atoms with Gasteiger partial charge in [0.25, 0.3) is 5.91 Å². The van der Waals surface area contributed by atoms with E-state index in [9.17, 15) is 9.18 Å². The van der Waals surface area contributed by atoms with Crippen molar-refractivity contribution >= 4 is 40.9 Å². The molecule has 1 N–H and O–H groups in total. The van der Waals surface area contributed by atoms with E-state index in [-0.39, 0.29) is 30.1 Å². The SMILES string of the molecule is CN(C)C(=O)c1cc2cnc(Cl)nc2n1[C@@H]1CCNC[C@@H]1F.Cl. The lowest BCUT2D eigenvalue weighted by Gasteiger charge is -2.30. The highest BCUT2D eigenvalue weighted by atomic mass is 35.5. The Morgan fingerprint density at radius 1 is 1.52 bits per heavy atom. The average molecular weight is 362 g/mol. The molecule has 1 aliphatic heterocycles. The molecule has 1 saturated heterocycles. The fourth-order valence-corrected chi connectivity index (χ4v) is 2.94. The second-order valence-corrected chi connectivity index (χ2v) is 5.93. The van der Waals surface area contributed by atoms with Crippen LogP contribution in [-0.2, 0) is 0 Å². The zero-order valence-electron chi connectivity index (χ0n) is 12.8. The third-order valence-corrected chi connectivity index (χ3v) is 4.06. The smallest absolute Gasteiger partial charge is 0.270 e. The second kappa shape index (κ2) is 6.98. The van der Waals surface area contributed by atoms with Crippen LogP contribution in [0.2, 0.25) is 5.28 Å². The second-order valence-electron chi connectivity index (χ2n) is 5.59. The van der Waals surface area contributed by atoms with E-state index in [1.165, 1.54) is 4.90 Å². The molecule has 0 bridgehead atoms. The molecule has 6 nitrogen and oxygen atoms in total. The van der Waals surface area contributed by atoms with Crippen LogP contribution in [0.5, 0.6) is 0 Å². The molecule has 1 aliphatic rings. The van der Waals surface area contributed by atoms with Gasteiger partial charge < -0.3 is 14.8 Å². The molecule has 0 radical (unpaired) electrons. The number of amides is 1. The van der Waals surface area contributed by atoms with Crippen LogP contribution in [0.15, 0.2) is 12.3 Å². The van der Waals surface area contributed by atoms with E-state index in [4.69, 9.17) is 11.6 Å². The summed E-state index contributed by atoms with van der Waals surface area (Å²) < 4.78 is 16.1. The van der Waals surface area contributed by atoms with Gasteiger partial charge in [0, 0.05) is 32.2 Å². The standard InChI is InChI=1S/C14H17ClFN5O.ClH/c1-20(2)13(22)11-5-8-6-18-14(15)19-12(8)21(11)10-3-4-17-7-9(10)16;/h5-6,9-10,17H,3-4,7H2,1-2H3;1H/t9-,10+;/m0./s1. The third-order valence-electron chi connectivity index (χ3n) is 3.88. The highest BCUT2D eigenvalue weighted by molar-refractivity contribution is 6.28. The number of piperidine rings is 1. The molecule has 0 unspecified atom stereocenters. The van der Waals surface area contributed by atoms with E-state index in [0.717, 1.165) is 0 Å². The van der Waals surface area contributed by atoms with Crippen LogP contribution in [0.4, 0.5) is 4.39 Å². The minimum Gasteiger partial charge on any atom is -0.343 e. The number of halogens is 3. The maximum absolute atomic E-state index is 14.4. The largest absolute Gasteiger partial charge is 0.343 e. The van der Waals surface area contributed by atoms with Crippen molar-refractivity contribution < 1.29 is 9.18 Å². The van der Waals surface area contributed by atoms with Crippen molar-refractivity contribution in [3.63, 3.8) is 0 Å². The fraction of sp³-hybridized carbons (Fsp3) is 0.500. The molecular formula is C14H18Cl2FN5O. The van der Waals surface area contributed by atoms with E-state index < -0.39 is 12.2 Å². The topological polar surface area (TPSA) is 63.1 Å². The maximum Gasteiger partial charge on any atom is 0.270 e. The van der Waals surface area contributed by atoms with Gasteiger partial charge in [0.2, 0.25) is 5.28 Å². The van der Waals surface area contributed by atoms with Crippen molar-refractivity contribution in [2.45, 2.75) is 18.6 Å². The van der Waals surface area contributed by atoms with Gasteiger partial charge in [0.05, 0.1) is 6.04 Å². The lowest BCUT2D eigenvalue weighted by Crippen LogP contribution is -2.40. The molecule has 23 heavy (non-hydrogen) atoms. The number of nitrogens with zero attached hydrogens (tertiary/aromatic N) is 4. The number of carbonyl (C=O) groups is 1. The summed E-state index contributed by atoms with van der Waals surface area (Å²) in [5.41, 5.74) is 0.908. The Labute approximate surface area is 144 Å². The van der Waals surface area contributed by atoms with Crippen molar-refractivity contribution in [3.05, 3.63) is 23.2 Å². The Morgan fingerprint density at radius 2 is 2.26 bits per heavy atom. The Kier molecular flexibility index (Phi) is 5.44. The van der Waals surface area contributed by atoms with Crippen LogP contribution in [0, 0.1) is 0 Å². The van der Waals surface area contributed by atoms with Gasteiger partial charge in [0.15, 0.2) is 0 Å². The van der Waals surface area contributed by atoms with Crippen LogP contribution in [0.25, 0.3) is 11.0 Å². The van der Waals surface area contributed by atoms with Gasteiger partial charge in [-0.2, -0.15) is 4.98 Å². The number of hydrogen-bond acceptors (Lipinski definition) is 4. The van der Waals surface area contributed by atoms with Gasteiger partial charge in [0.1, 0.15) is 17.5 Å². The molecule has 0 aliphatic carbocycles. The van der Waals surface area contributed by atoms with Crippen LogP contribution in [0.1, 0.15) is 23.0 Å². The summed E-state index contributed by atoms with van der Waals surface area (Å²) >= 11 is 5.88. The average Bonchev–Trinajstić information content (AvgIpc) is 2.85. The summed E-state index contributed by atoms with van der Waals surface area (Å²) in [6, 6.07) is 1.26. The monoisotopic (exact) mass is 361 g/mol. The van der Waals surface area contributed by atoms with E-state index in [1.54, 1.807) is 30.9 Å². The predicted molar refractivity (Wildman–Crippen MR) is 89.2 cm³/mol. The molecule has 3 heterocycles. The first-order valence-corrected chi connectivity index (χ1v) is 7.46. The molecule has 1 fully saturated rings. The van der Waals surface area contributed by atoms with Gasteiger partial charge in [-0.3, -0.25) is 4.79 Å². The molecule has 126 valence electrons. The summed E-state index contributed by atoms with van der Waals surface area (Å²) in [6.07, 6.45) is 1.05. The third kappa shape index (κ3) is 3.27. The predicted octanol–water partition coefficient (Wildman–Crippen LogP) is 2.08. The lowest BCUT2D eigenvalue weighted by atomic mass is 10.0. The maximum atomic E-state index is 14.4. The Bertz CT molecular complexity index is 721. The van der Waals surface area contributed by atoms with Crippen LogP contribution in [-0.4, -0.2) is 58.7 Å². The zero-order chi connectivity index (χ0) is 15.9. The Balaban J connectivity index is 0.00000192. The van der Waals surface area contributed by atoms with Crippen molar-refractivity contribution in [1.82, 2.24) is 24.8 Å². The molecule has 9 heteroatoms. The van der Waals surface area contributed by atoms with Gasteiger partial charge in [-0.05, 0) is 30.6 Å². The van der Waals surface area contributed by atoms with Gasteiger partial charge in [-0.25, -0.2) is 9.37 Å². The molecule has 0 aromatic carbocycles. The van der Waals surface area contributed by atoms with Gasteiger partial charge in [-0.1, -0.05) is 0 Å². The lowest BCUT2D eigenvalue weighted by molar-refractivity contribution is 0.0808. The molecule has 3 rings (SSSR count). The summed E-state index contributed by atoms with van der Waals surface area (Å²) in [4.78, 5) is 22.1. The van der Waals surface area contributed by atoms with Crippen LogP contribution in [0.3, 0.4) is 0 Å². The molecular weight excluding hydrogens is 344 g/mol. The number of carbonyl (C=O) groups excluding carboxylic acids is 1. The van der Waals surface area contributed by atoms with E-state index >= 15 is 0 Å². The van der Waals surface area contributed by atoms with Crippen LogP contribution >= 0.6 is 24.0 Å². The first-order chi connectivity index (χ1) is 10.5. The van der Waals surface area contributed by atoms with Crippen molar-refractivity contribution in [1.29, 1.82) is 0 Å². The molecule has 0 saturated carbocycles. The van der Waals surface area contributed by atoms with Crippen LogP contribution < -0.4 is 5.32 Å². The molecule has 2 aromatic heterocycles. The zero-order valence-corrected chi connectivity index (χ0v) is 14.4. The van der Waals surface area contributed by atoms with E-state index in [0.29, 0.717) is 29.7 Å². The normalized spacial score (nSPS) is 21.0. The molecule has 0 spiro atoms. The van der Waals surface area contributed by atoms with Gasteiger partial charge >= 0.3 is 0 Å². The summed E-state index contributed by atoms with van der Waals surface area (Å²) in [5, 5.41) is 3.78. The van der Waals surface area contributed by atoms with Gasteiger partial charge in [-0.15, -0.1) is 12.4 Å². The molecule has 1 amide bonds. The summed E-state index contributed by atoms with van der Waals surface area (Å²) in [7, 11) is 3.33. The number of nitrogens with one attached hydrogen (secondary N) is 1. The molecule has 2 atom stereocenters. The number of rotatable bonds is 2. The Hall–Kier alpha value is -1.44. The number of aromatic nitrogens is 3. The highest BCUT2D eigenvalue weighted by Crippen LogP contribution is 2.30. The van der Waals surface area contributed by atoms with E-state index in [1.807, 2.05) is 0 Å². The minimum atomic E-state index is -1.09. The Morgan fingerprint density at radius 3 is 2.91 bits per heavy atom. The quantitative estimate of drug-likeness (QED) is 0.831.